The molecule has 144 valence electrons. The highest BCUT2D eigenvalue weighted by Gasteiger charge is 2.40. The molecule has 2 aromatic carbocycles. The minimum atomic E-state index is -0.413. The van der Waals surface area contributed by atoms with Gasteiger partial charge in [0.15, 0.2) is 0 Å². The number of amides is 3. The van der Waals surface area contributed by atoms with Crippen LogP contribution in [-0.4, -0.2) is 29.2 Å². The summed E-state index contributed by atoms with van der Waals surface area (Å²) in [6.45, 7) is 0.230. The van der Waals surface area contributed by atoms with Gasteiger partial charge in [0.05, 0.1) is 11.1 Å². The Balaban J connectivity index is 1.49. The van der Waals surface area contributed by atoms with Crippen LogP contribution in [0.2, 0.25) is 0 Å². The smallest absolute Gasteiger partial charge is 0.261 e. The Kier molecular flexibility index (Phi) is 4.94. The molecular formula is C22H21FN2O3. The van der Waals surface area contributed by atoms with E-state index in [2.05, 4.69) is 5.32 Å². The van der Waals surface area contributed by atoms with Gasteiger partial charge in [0.1, 0.15) is 5.82 Å². The van der Waals surface area contributed by atoms with E-state index in [1.807, 2.05) is 0 Å². The number of imide groups is 1. The zero-order valence-corrected chi connectivity index (χ0v) is 15.4. The summed E-state index contributed by atoms with van der Waals surface area (Å²) in [6.07, 6.45) is 3.33. The van der Waals surface area contributed by atoms with Crippen molar-refractivity contribution >= 4 is 23.4 Å². The Morgan fingerprint density at radius 2 is 1.68 bits per heavy atom. The minimum absolute atomic E-state index is 0.107. The molecule has 28 heavy (non-hydrogen) atoms. The molecule has 5 nitrogen and oxygen atoms in total. The maximum Gasteiger partial charge on any atom is 0.261 e. The predicted octanol–water partition coefficient (Wildman–Crippen LogP) is 3.87. The molecule has 0 radical (unpaired) electrons. The summed E-state index contributed by atoms with van der Waals surface area (Å²) >= 11 is 0. The third-order valence-electron chi connectivity index (χ3n) is 5.63. The second-order valence-corrected chi connectivity index (χ2v) is 7.42. The van der Waals surface area contributed by atoms with Crippen molar-refractivity contribution in [2.75, 3.05) is 11.9 Å². The number of nitrogens with one attached hydrogen (secondary N) is 1. The lowest BCUT2D eigenvalue weighted by Crippen LogP contribution is -2.41. The quantitative estimate of drug-likeness (QED) is 0.819. The van der Waals surface area contributed by atoms with E-state index in [-0.39, 0.29) is 36.1 Å². The van der Waals surface area contributed by atoms with E-state index in [1.54, 1.807) is 36.4 Å². The van der Waals surface area contributed by atoms with E-state index in [9.17, 15) is 18.8 Å². The summed E-state index contributed by atoms with van der Waals surface area (Å²) in [5, 5.41) is 2.78. The van der Waals surface area contributed by atoms with Crippen LogP contribution < -0.4 is 5.32 Å². The molecule has 6 heteroatoms. The van der Waals surface area contributed by atoms with Gasteiger partial charge in [-0.1, -0.05) is 31.0 Å². The molecule has 0 spiro atoms. The first-order chi connectivity index (χ1) is 13.5. The Morgan fingerprint density at radius 3 is 2.36 bits per heavy atom. The molecule has 3 amide bonds. The normalized spacial score (nSPS) is 21.5. The lowest BCUT2D eigenvalue weighted by Gasteiger charge is -2.32. The molecular weight excluding hydrogens is 359 g/mol. The van der Waals surface area contributed by atoms with Crippen molar-refractivity contribution in [1.82, 2.24) is 4.90 Å². The molecule has 0 saturated heterocycles. The molecule has 0 aromatic heterocycles. The van der Waals surface area contributed by atoms with Crippen LogP contribution in [0.5, 0.6) is 0 Å². The summed E-state index contributed by atoms with van der Waals surface area (Å²) < 4.78 is 13.4. The maximum atomic E-state index is 13.4. The van der Waals surface area contributed by atoms with Crippen LogP contribution in [0.4, 0.5) is 10.1 Å². The third-order valence-corrected chi connectivity index (χ3v) is 5.63. The van der Waals surface area contributed by atoms with E-state index in [0.717, 1.165) is 19.3 Å². The van der Waals surface area contributed by atoms with Crippen LogP contribution in [0.25, 0.3) is 0 Å². The highest BCUT2D eigenvalue weighted by Crippen LogP contribution is 2.34. The number of hydrogen-bond acceptors (Lipinski definition) is 3. The van der Waals surface area contributed by atoms with Gasteiger partial charge >= 0.3 is 0 Å². The molecule has 0 bridgehead atoms. The predicted molar refractivity (Wildman–Crippen MR) is 102 cm³/mol. The fourth-order valence-corrected chi connectivity index (χ4v) is 4.21. The van der Waals surface area contributed by atoms with Crippen molar-refractivity contribution in [3.05, 3.63) is 65.5 Å². The van der Waals surface area contributed by atoms with Gasteiger partial charge < -0.3 is 5.32 Å². The van der Waals surface area contributed by atoms with E-state index in [4.69, 9.17) is 0 Å². The lowest BCUT2D eigenvalue weighted by atomic mass is 9.78. The monoisotopic (exact) mass is 380 g/mol. The second kappa shape index (κ2) is 7.54. The number of nitrogens with zero attached hydrogens (tertiary/aromatic N) is 1. The van der Waals surface area contributed by atoms with Crippen molar-refractivity contribution in [1.29, 1.82) is 0 Å². The number of rotatable bonds is 4. The van der Waals surface area contributed by atoms with Crippen LogP contribution in [0.15, 0.2) is 48.5 Å². The Hall–Kier alpha value is -3.02. The van der Waals surface area contributed by atoms with Crippen LogP contribution >= 0.6 is 0 Å². The molecule has 2 atom stereocenters. The van der Waals surface area contributed by atoms with Crippen LogP contribution in [-0.2, 0) is 4.79 Å². The van der Waals surface area contributed by atoms with Crippen molar-refractivity contribution in [2.45, 2.75) is 25.7 Å². The molecule has 2 aliphatic rings. The average molecular weight is 380 g/mol. The fourth-order valence-electron chi connectivity index (χ4n) is 4.21. The molecule has 1 heterocycles. The third kappa shape index (κ3) is 3.42. The van der Waals surface area contributed by atoms with Gasteiger partial charge in [-0.3, -0.25) is 19.3 Å². The van der Waals surface area contributed by atoms with Gasteiger partial charge in [0, 0.05) is 18.2 Å². The number of halogens is 1. The zero-order chi connectivity index (χ0) is 19.7. The molecule has 2 unspecified atom stereocenters. The van der Waals surface area contributed by atoms with E-state index in [0.29, 0.717) is 23.2 Å². The first-order valence-corrected chi connectivity index (χ1v) is 9.56. The van der Waals surface area contributed by atoms with Crippen molar-refractivity contribution < 1.29 is 18.8 Å². The molecule has 2 aromatic rings. The summed E-state index contributed by atoms with van der Waals surface area (Å²) in [5.74, 6) is -1.62. The van der Waals surface area contributed by atoms with Gasteiger partial charge in [-0.25, -0.2) is 4.39 Å². The Morgan fingerprint density at radius 1 is 1.00 bits per heavy atom. The molecule has 1 saturated carbocycles. The minimum Gasteiger partial charge on any atom is -0.326 e. The maximum absolute atomic E-state index is 13.4. The number of fused-ring (bicyclic) bond motifs is 1. The molecule has 1 N–H and O–H groups in total. The highest BCUT2D eigenvalue weighted by molar-refractivity contribution is 6.21. The summed E-state index contributed by atoms with van der Waals surface area (Å²) in [5.41, 5.74) is 1.25. The first kappa shape index (κ1) is 18.3. The number of carbonyl (C=O) groups excluding carboxylic acids is 3. The number of hydrogen-bond donors (Lipinski definition) is 1. The Bertz CT molecular complexity index is 908. The molecule has 1 fully saturated rings. The topological polar surface area (TPSA) is 66.5 Å². The summed E-state index contributed by atoms with van der Waals surface area (Å²) in [4.78, 5) is 39.4. The zero-order valence-electron chi connectivity index (χ0n) is 15.4. The van der Waals surface area contributed by atoms with Gasteiger partial charge in [-0.2, -0.15) is 0 Å². The molecule has 4 rings (SSSR count). The standard InChI is InChI=1S/C22H21FN2O3/c23-15-7-5-8-16(12-15)24-20(26)17-9-2-1-6-14(17)13-25-21(27)18-10-3-4-11-19(18)22(25)28/h3-5,7-8,10-12,14,17H,1-2,6,9,13H2,(H,24,26). The number of carbonyl (C=O) groups is 3. The number of benzene rings is 2. The van der Waals surface area contributed by atoms with Crippen LogP contribution in [0, 0.1) is 17.7 Å². The van der Waals surface area contributed by atoms with Crippen molar-refractivity contribution in [3.63, 3.8) is 0 Å². The molecule has 1 aliphatic heterocycles. The van der Waals surface area contributed by atoms with Crippen LogP contribution in [0.1, 0.15) is 46.4 Å². The lowest BCUT2D eigenvalue weighted by molar-refractivity contribution is -0.122. The largest absolute Gasteiger partial charge is 0.326 e. The van der Waals surface area contributed by atoms with E-state index >= 15 is 0 Å². The first-order valence-electron chi connectivity index (χ1n) is 9.56. The van der Waals surface area contributed by atoms with Gasteiger partial charge in [0.25, 0.3) is 11.8 Å². The van der Waals surface area contributed by atoms with Crippen molar-refractivity contribution in [3.8, 4) is 0 Å². The second-order valence-electron chi connectivity index (χ2n) is 7.42. The SMILES string of the molecule is O=C(Nc1cccc(F)c1)C1CCCCC1CN1C(=O)c2ccccc2C1=O. The Labute approximate surface area is 162 Å². The van der Waals surface area contributed by atoms with Gasteiger partial charge in [-0.05, 0) is 49.1 Å². The van der Waals surface area contributed by atoms with Gasteiger partial charge in [-0.15, -0.1) is 0 Å². The van der Waals surface area contributed by atoms with Gasteiger partial charge in [0.2, 0.25) is 5.91 Å². The highest BCUT2D eigenvalue weighted by atomic mass is 19.1. The van der Waals surface area contributed by atoms with E-state index < -0.39 is 5.82 Å². The summed E-state index contributed by atoms with van der Waals surface area (Å²) in [7, 11) is 0. The van der Waals surface area contributed by atoms with Crippen LogP contribution in [0.3, 0.4) is 0 Å². The number of anilines is 1. The van der Waals surface area contributed by atoms with Crippen molar-refractivity contribution in [2.24, 2.45) is 11.8 Å². The average Bonchev–Trinajstić information content (AvgIpc) is 2.94. The fraction of sp³-hybridized carbons (Fsp3) is 0.318. The van der Waals surface area contributed by atoms with E-state index in [1.165, 1.54) is 17.0 Å². The summed E-state index contributed by atoms with van der Waals surface area (Å²) in [6, 6.07) is 12.6. The molecule has 1 aliphatic carbocycles.